The Morgan fingerprint density at radius 2 is 1.87 bits per heavy atom. The third-order valence-electron chi connectivity index (χ3n) is 3.21. The van der Waals surface area contributed by atoms with Gasteiger partial charge in [-0.3, -0.25) is 4.79 Å². The molecule has 1 fully saturated rings. The summed E-state index contributed by atoms with van der Waals surface area (Å²) in [5.74, 6) is -0.133. The van der Waals surface area contributed by atoms with Crippen molar-refractivity contribution < 1.29 is 13.6 Å². The van der Waals surface area contributed by atoms with Crippen molar-refractivity contribution in [1.29, 1.82) is 0 Å². The summed E-state index contributed by atoms with van der Waals surface area (Å²) < 4.78 is 11.6. The number of unbranched alkanes of at least 4 members (excludes halogenated alkanes) is 1. The zero-order chi connectivity index (χ0) is 11.5. The molecule has 0 amide bonds. The molecule has 0 N–H and O–H groups in total. The van der Waals surface area contributed by atoms with Crippen LogP contribution in [-0.2, 0) is 13.6 Å². The first-order valence-electron chi connectivity index (χ1n) is 5.95. The molecule has 1 unspecified atom stereocenters. The molecule has 1 saturated heterocycles. The van der Waals surface area contributed by atoms with E-state index in [1.54, 1.807) is 0 Å². The molecule has 3 nitrogen and oxygen atoms in total. The van der Waals surface area contributed by atoms with E-state index in [0.29, 0.717) is 0 Å². The van der Waals surface area contributed by atoms with Crippen molar-refractivity contribution in [3.8, 4) is 0 Å². The van der Waals surface area contributed by atoms with Crippen LogP contribution in [-0.4, -0.2) is 20.1 Å². The molecule has 0 radical (unpaired) electrons. The molecule has 1 heterocycles. The average Bonchev–Trinajstić information content (AvgIpc) is 2.50. The number of rotatable bonds is 5. The van der Waals surface area contributed by atoms with Crippen LogP contribution in [0, 0.1) is 0 Å². The highest BCUT2D eigenvalue weighted by atomic mass is 28.4. The summed E-state index contributed by atoms with van der Waals surface area (Å²) in [5.41, 5.74) is -0.658. The predicted molar refractivity (Wildman–Crippen MR) is 61.8 cm³/mol. The predicted octanol–water partition coefficient (Wildman–Crippen LogP) is 2.99. The van der Waals surface area contributed by atoms with Crippen LogP contribution in [0.3, 0.4) is 0 Å². The largest absolute Gasteiger partial charge is 0.492 e. The average molecular weight is 230 g/mol. The molecule has 1 atom stereocenters. The summed E-state index contributed by atoms with van der Waals surface area (Å²) in [4.78, 5) is 11.8. The molecule has 1 rings (SSSR count). The molecule has 88 valence electrons. The van der Waals surface area contributed by atoms with Crippen LogP contribution in [0.2, 0.25) is 12.1 Å². The SMILES string of the molecule is CCCCC1(C)O[Si](CC)(CC)OC1=O. The second-order valence-corrected chi connectivity index (χ2v) is 8.09. The maximum atomic E-state index is 11.8. The summed E-state index contributed by atoms with van der Waals surface area (Å²) in [7, 11) is -2.18. The maximum absolute atomic E-state index is 11.8. The van der Waals surface area contributed by atoms with Crippen LogP contribution in [0.25, 0.3) is 0 Å². The standard InChI is InChI=1S/C11H22O3Si/c1-5-8-9-11(4)10(12)13-15(6-2,7-3)14-11/h5-9H2,1-4H3. The van der Waals surface area contributed by atoms with Crippen LogP contribution in [0.1, 0.15) is 47.0 Å². The van der Waals surface area contributed by atoms with Gasteiger partial charge in [-0.25, -0.2) is 0 Å². The Morgan fingerprint density at radius 1 is 1.27 bits per heavy atom. The highest BCUT2D eigenvalue weighted by Crippen LogP contribution is 2.37. The van der Waals surface area contributed by atoms with Gasteiger partial charge >= 0.3 is 14.5 Å². The van der Waals surface area contributed by atoms with E-state index >= 15 is 0 Å². The van der Waals surface area contributed by atoms with Gasteiger partial charge in [0.15, 0.2) is 5.60 Å². The quantitative estimate of drug-likeness (QED) is 0.681. The Hall–Kier alpha value is -0.353. The van der Waals surface area contributed by atoms with Gasteiger partial charge in [-0.15, -0.1) is 0 Å². The van der Waals surface area contributed by atoms with E-state index in [1.807, 2.05) is 6.92 Å². The minimum Gasteiger partial charge on any atom is -0.492 e. The van der Waals surface area contributed by atoms with Crippen molar-refractivity contribution >= 4 is 14.5 Å². The minimum absolute atomic E-state index is 0.133. The normalized spacial score (nSPS) is 29.2. The lowest BCUT2D eigenvalue weighted by Crippen LogP contribution is -2.38. The molecule has 0 bridgehead atoms. The highest BCUT2D eigenvalue weighted by Gasteiger charge is 2.55. The van der Waals surface area contributed by atoms with Crippen LogP contribution in [0.5, 0.6) is 0 Å². The van der Waals surface area contributed by atoms with Crippen molar-refractivity contribution in [1.82, 2.24) is 0 Å². The zero-order valence-electron chi connectivity index (χ0n) is 10.3. The molecule has 0 aliphatic carbocycles. The lowest BCUT2D eigenvalue weighted by molar-refractivity contribution is -0.142. The summed E-state index contributed by atoms with van der Waals surface area (Å²) in [6, 6.07) is 1.72. The van der Waals surface area contributed by atoms with Gasteiger partial charge in [-0.1, -0.05) is 33.6 Å². The fraction of sp³-hybridized carbons (Fsp3) is 0.909. The van der Waals surface area contributed by atoms with Crippen LogP contribution in [0.4, 0.5) is 0 Å². The van der Waals surface area contributed by atoms with Gasteiger partial charge in [0.25, 0.3) is 0 Å². The lowest BCUT2D eigenvalue weighted by Gasteiger charge is -2.23. The summed E-state index contributed by atoms with van der Waals surface area (Å²) >= 11 is 0. The first-order valence-corrected chi connectivity index (χ1v) is 8.18. The van der Waals surface area contributed by atoms with Gasteiger partial charge in [0.1, 0.15) is 0 Å². The zero-order valence-corrected chi connectivity index (χ0v) is 11.3. The van der Waals surface area contributed by atoms with E-state index in [9.17, 15) is 4.79 Å². The lowest BCUT2D eigenvalue weighted by atomic mass is 10.00. The van der Waals surface area contributed by atoms with E-state index in [2.05, 4.69) is 20.8 Å². The molecule has 0 aromatic heterocycles. The summed E-state index contributed by atoms with van der Waals surface area (Å²) in [6.45, 7) is 8.10. The van der Waals surface area contributed by atoms with Crippen LogP contribution < -0.4 is 0 Å². The molecule has 0 spiro atoms. The first-order chi connectivity index (χ1) is 7.02. The van der Waals surface area contributed by atoms with E-state index in [-0.39, 0.29) is 5.97 Å². The van der Waals surface area contributed by atoms with Gasteiger partial charge in [0, 0.05) is 0 Å². The molecule has 0 aromatic carbocycles. The third kappa shape index (κ3) is 2.42. The second kappa shape index (κ2) is 4.66. The molecule has 0 saturated carbocycles. The molecular formula is C11H22O3Si. The molecule has 15 heavy (non-hydrogen) atoms. The van der Waals surface area contributed by atoms with Crippen molar-refractivity contribution in [2.75, 3.05) is 0 Å². The Morgan fingerprint density at radius 3 is 2.27 bits per heavy atom. The highest BCUT2D eigenvalue weighted by molar-refractivity contribution is 6.70. The van der Waals surface area contributed by atoms with E-state index in [0.717, 1.165) is 31.4 Å². The Balaban J connectivity index is 2.73. The van der Waals surface area contributed by atoms with Gasteiger partial charge in [0.05, 0.1) is 0 Å². The summed E-state index contributed by atoms with van der Waals surface area (Å²) in [5, 5.41) is 0. The van der Waals surface area contributed by atoms with E-state index in [4.69, 9.17) is 8.85 Å². The van der Waals surface area contributed by atoms with Gasteiger partial charge in [-0.2, -0.15) is 0 Å². The van der Waals surface area contributed by atoms with Crippen LogP contribution >= 0.6 is 0 Å². The number of hydrogen-bond donors (Lipinski definition) is 0. The van der Waals surface area contributed by atoms with Crippen molar-refractivity contribution in [2.45, 2.75) is 64.6 Å². The summed E-state index contributed by atoms with van der Waals surface area (Å²) in [6.07, 6.45) is 2.89. The Bertz CT molecular complexity index is 238. The number of hydrogen-bond acceptors (Lipinski definition) is 3. The monoisotopic (exact) mass is 230 g/mol. The Labute approximate surface area is 93.4 Å². The topological polar surface area (TPSA) is 35.5 Å². The smallest absolute Gasteiger partial charge is 0.401 e. The van der Waals surface area contributed by atoms with Crippen molar-refractivity contribution in [3.05, 3.63) is 0 Å². The van der Waals surface area contributed by atoms with E-state index < -0.39 is 14.2 Å². The van der Waals surface area contributed by atoms with Crippen LogP contribution in [0.15, 0.2) is 0 Å². The first kappa shape index (κ1) is 12.7. The Kier molecular flexibility index (Phi) is 3.95. The molecule has 0 aromatic rings. The molecule has 1 aliphatic rings. The number of carbonyl (C=O) groups is 1. The molecule has 4 heteroatoms. The van der Waals surface area contributed by atoms with Gasteiger partial charge in [-0.05, 0) is 25.4 Å². The fourth-order valence-corrected chi connectivity index (χ4v) is 4.64. The van der Waals surface area contributed by atoms with Gasteiger partial charge < -0.3 is 8.85 Å². The van der Waals surface area contributed by atoms with Crippen molar-refractivity contribution in [2.24, 2.45) is 0 Å². The third-order valence-corrected chi connectivity index (χ3v) is 6.74. The van der Waals surface area contributed by atoms with Crippen molar-refractivity contribution in [3.63, 3.8) is 0 Å². The molecule has 1 aliphatic heterocycles. The minimum atomic E-state index is -2.18. The second-order valence-electron chi connectivity index (χ2n) is 4.44. The van der Waals surface area contributed by atoms with Gasteiger partial charge in [0.2, 0.25) is 0 Å². The van der Waals surface area contributed by atoms with E-state index in [1.165, 1.54) is 0 Å². The number of carbonyl (C=O) groups excluding carboxylic acids is 1. The fourth-order valence-electron chi connectivity index (χ4n) is 1.96. The molecular weight excluding hydrogens is 208 g/mol. The maximum Gasteiger partial charge on any atom is 0.401 e.